The molecule has 0 amide bonds. The molecule has 0 N–H and O–H groups in total. The predicted molar refractivity (Wildman–Crippen MR) is 168 cm³/mol. The van der Waals surface area contributed by atoms with E-state index in [4.69, 9.17) is 0 Å². The van der Waals surface area contributed by atoms with Crippen LogP contribution in [0, 0.1) is 5.92 Å². The van der Waals surface area contributed by atoms with Crippen molar-refractivity contribution < 1.29 is 9.90 Å². The molecule has 0 aliphatic heterocycles. The standard InChI is InChI=1S/C36H72O2/c1-3-5-7-9-11-13-15-17-19-20-22-24-26-28-30-32-34-35(36(37)38)33-31-29-27-25-23-21-18-16-14-12-10-8-6-4-2/h35H,3-34H2,1-2H3,(H,37,38)/p-1. The van der Waals surface area contributed by atoms with Crippen molar-refractivity contribution in [3.8, 4) is 0 Å². The molecule has 0 aromatic heterocycles. The number of carbonyl (C=O) groups is 1. The predicted octanol–water partition coefficient (Wildman–Crippen LogP) is 11.9. The van der Waals surface area contributed by atoms with Gasteiger partial charge in [0.05, 0.1) is 0 Å². The van der Waals surface area contributed by atoms with E-state index in [-0.39, 0.29) is 5.92 Å². The lowest BCUT2D eigenvalue weighted by atomic mass is 9.94. The number of unbranched alkanes of at least 4 members (excludes halogenated alkanes) is 28. The lowest BCUT2D eigenvalue weighted by molar-refractivity contribution is -0.312. The van der Waals surface area contributed by atoms with Gasteiger partial charge in [0.15, 0.2) is 0 Å². The van der Waals surface area contributed by atoms with Crippen molar-refractivity contribution in [2.75, 3.05) is 0 Å². The molecule has 0 fully saturated rings. The zero-order chi connectivity index (χ0) is 27.8. The van der Waals surface area contributed by atoms with Gasteiger partial charge >= 0.3 is 0 Å². The van der Waals surface area contributed by atoms with Gasteiger partial charge in [-0.25, -0.2) is 0 Å². The molecule has 1 unspecified atom stereocenters. The Morgan fingerprint density at radius 1 is 0.368 bits per heavy atom. The zero-order valence-corrected chi connectivity index (χ0v) is 26.5. The molecule has 2 nitrogen and oxygen atoms in total. The number of hydrogen-bond acceptors (Lipinski definition) is 2. The monoisotopic (exact) mass is 536 g/mol. The van der Waals surface area contributed by atoms with Gasteiger partial charge in [-0.2, -0.15) is 0 Å². The van der Waals surface area contributed by atoms with E-state index in [9.17, 15) is 9.90 Å². The van der Waals surface area contributed by atoms with Gasteiger partial charge in [0.1, 0.15) is 0 Å². The van der Waals surface area contributed by atoms with Crippen LogP contribution in [-0.4, -0.2) is 5.97 Å². The molecule has 0 aromatic rings. The molecule has 0 saturated carbocycles. The highest BCUT2D eigenvalue weighted by atomic mass is 16.4. The van der Waals surface area contributed by atoms with Crippen LogP contribution in [0.25, 0.3) is 0 Å². The number of rotatable bonds is 33. The first-order valence-electron chi connectivity index (χ1n) is 17.9. The van der Waals surface area contributed by atoms with Gasteiger partial charge in [-0.1, -0.05) is 206 Å². The third-order valence-electron chi connectivity index (χ3n) is 8.65. The van der Waals surface area contributed by atoms with E-state index in [1.54, 1.807) is 0 Å². The Bertz CT molecular complexity index is 447. The van der Waals surface area contributed by atoms with E-state index in [0.29, 0.717) is 0 Å². The Morgan fingerprint density at radius 2 is 0.553 bits per heavy atom. The van der Waals surface area contributed by atoms with Crippen LogP contribution in [0.3, 0.4) is 0 Å². The van der Waals surface area contributed by atoms with Gasteiger partial charge < -0.3 is 9.90 Å². The average molecular weight is 536 g/mol. The van der Waals surface area contributed by atoms with Gasteiger partial charge in [-0.3, -0.25) is 0 Å². The molecule has 0 radical (unpaired) electrons. The molecule has 0 saturated heterocycles. The second-order valence-electron chi connectivity index (χ2n) is 12.5. The fourth-order valence-corrected chi connectivity index (χ4v) is 5.90. The van der Waals surface area contributed by atoms with Crippen molar-refractivity contribution in [3.63, 3.8) is 0 Å². The van der Waals surface area contributed by atoms with Crippen LogP contribution in [0.5, 0.6) is 0 Å². The average Bonchev–Trinajstić information content (AvgIpc) is 2.91. The van der Waals surface area contributed by atoms with Crippen LogP contribution < -0.4 is 5.11 Å². The Morgan fingerprint density at radius 3 is 0.737 bits per heavy atom. The Balaban J connectivity index is 3.38. The van der Waals surface area contributed by atoms with Crippen molar-refractivity contribution >= 4 is 5.97 Å². The van der Waals surface area contributed by atoms with Gasteiger partial charge in [0.2, 0.25) is 0 Å². The van der Waals surface area contributed by atoms with Crippen molar-refractivity contribution in [2.24, 2.45) is 5.92 Å². The quantitative estimate of drug-likeness (QED) is 0.0784. The molecule has 0 spiro atoms. The SMILES string of the molecule is CCCCCCCCCCCCCCCCCCC(CCCCCCCCCCCCCCCC)C(=O)[O-]. The maximum absolute atomic E-state index is 11.5. The first kappa shape index (κ1) is 37.5. The third-order valence-corrected chi connectivity index (χ3v) is 8.65. The van der Waals surface area contributed by atoms with Crippen LogP contribution in [0.2, 0.25) is 0 Å². The minimum atomic E-state index is -0.805. The summed E-state index contributed by atoms with van der Waals surface area (Å²) in [5.74, 6) is -1.01. The lowest BCUT2D eigenvalue weighted by Crippen LogP contribution is -2.31. The van der Waals surface area contributed by atoms with Crippen LogP contribution in [0.4, 0.5) is 0 Å². The summed E-state index contributed by atoms with van der Waals surface area (Å²) in [6.45, 7) is 4.57. The molecular formula is C36H71O2-. The lowest BCUT2D eigenvalue weighted by Gasteiger charge is -2.17. The van der Waals surface area contributed by atoms with E-state index in [0.717, 1.165) is 25.7 Å². The van der Waals surface area contributed by atoms with Crippen molar-refractivity contribution in [3.05, 3.63) is 0 Å². The highest BCUT2D eigenvalue weighted by molar-refractivity contribution is 5.67. The first-order valence-corrected chi connectivity index (χ1v) is 17.9. The zero-order valence-electron chi connectivity index (χ0n) is 26.5. The minimum absolute atomic E-state index is 0.209. The Hall–Kier alpha value is -0.530. The Labute approximate surface area is 240 Å². The minimum Gasteiger partial charge on any atom is -0.550 e. The number of carboxylic acids is 1. The Kier molecular flexibility index (Phi) is 32.2. The van der Waals surface area contributed by atoms with Gasteiger partial charge in [0.25, 0.3) is 0 Å². The topological polar surface area (TPSA) is 40.1 Å². The van der Waals surface area contributed by atoms with Crippen LogP contribution in [-0.2, 0) is 4.79 Å². The summed E-state index contributed by atoms with van der Waals surface area (Å²) in [5.41, 5.74) is 0. The molecular weight excluding hydrogens is 464 g/mol. The van der Waals surface area contributed by atoms with E-state index in [1.165, 1.54) is 180 Å². The molecule has 0 bridgehead atoms. The number of carbonyl (C=O) groups excluding carboxylic acids is 1. The highest BCUT2D eigenvalue weighted by Gasteiger charge is 2.09. The molecule has 2 heteroatoms. The van der Waals surface area contributed by atoms with Crippen LogP contribution >= 0.6 is 0 Å². The van der Waals surface area contributed by atoms with Gasteiger partial charge in [0, 0.05) is 5.97 Å². The number of aliphatic carboxylic acids is 1. The van der Waals surface area contributed by atoms with Gasteiger partial charge in [-0.05, 0) is 18.8 Å². The molecule has 228 valence electrons. The molecule has 0 rings (SSSR count). The maximum atomic E-state index is 11.5. The molecule has 0 aliphatic carbocycles. The number of hydrogen-bond donors (Lipinski definition) is 0. The second kappa shape index (κ2) is 32.7. The van der Waals surface area contributed by atoms with Gasteiger partial charge in [-0.15, -0.1) is 0 Å². The fraction of sp³-hybridized carbons (Fsp3) is 0.972. The molecule has 0 aliphatic rings. The highest BCUT2D eigenvalue weighted by Crippen LogP contribution is 2.20. The van der Waals surface area contributed by atoms with E-state index in [1.807, 2.05) is 0 Å². The summed E-state index contributed by atoms with van der Waals surface area (Å²) >= 11 is 0. The van der Waals surface area contributed by atoms with E-state index < -0.39 is 5.97 Å². The van der Waals surface area contributed by atoms with E-state index >= 15 is 0 Å². The summed E-state index contributed by atoms with van der Waals surface area (Å²) in [6.07, 6.45) is 42.4. The third kappa shape index (κ3) is 30.0. The smallest absolute Gasteiger partial charge is 0.0445 e. The second-order valence-corrected chi connectivity index (χ2v) is 12.5. The summed E-state index contributed by atoms with van der Waals surface area (Å²) in [4.78, 5) is 11.5. The molecule has 38 heavy (non-hydrogen) atoms. The molecule has 0 aromatic carbocycles. The van der Waals surface area contributed by atoms with Crippen LogP contribution in [0.15, 0.2) is 0 Å². The summed E-state index contributed by atoms with van der Waals surface area (Å²) in [5, 5.41) is 11.5. The summed E-state index contributed by atoms with van der Waals surface area (Å²) < 4.78 is 0. The fourth-order valence-electron chi connectivity index (χ4n) is 5.90. The van der Waals surface area contributed by atoms with Crippen molar-refractivity contribution in [2.45, 2.75) is 219 Å². The van der Waals surface area contributed by atoms with Crippen LogP contribution in [0.1, 0.15) is 219 Å². The van der Waals surface area contributed by atoms with E-state index in [2.05, 4.69) is 13.8 Å². The van der Waals surface area contributed by atoms with Crippen molar-refractivity contribution in [1.82, 2.24) is 0 Å². The molecule has 1 atom stereocenters. The summed E-state index contributed by atoms with van der Waals surface area (Å²) in [6, 6.07) is 0. The number of carboxylic acid groups (broad SMARTS) is 1. The first-order chi connectivity index (χ1) is 18.7. The largest absolute Gasteiger partial charge is 0.550 e. The summed E-state index contributed by atoms with van der Waals surface area (Å²) in [7, 11) is 0. The maximum Gasteiger partial charge on any atom is 0.0445 e. The normalized spacial score (nSPS) is 12.3. The van der Waals surface area contributed by atoms with Crippen molar-refractivity contribution in [1.29, 1.82) is 0 Å². The molecule has 0 heterocycles.